The van der Waals surface area contributed by atoms with Crippen LogP contribution < -0.4 is 0 Å². The van der Waals surface area contributed by atoms with Gasteiger partial charge in [0.2, 0.25) is 0 Å². The molecule has 1 nitrogen and oxygen atoms in total. The monoisotopic (exact) mass is 286 g/mol. The van der Waals surface area contributed by atoms with E-state index in [1.807, 2.05) is 0 Å². The van der Waals surface area contributed by atoms with Gasteiger partial charge in [0.1, 0.15) is 0 Å². The van der Waals surface area contributed by atoms with Crippen molar-refractivity contribution in [3.05, 3.63) is 33.8 Å². The lowest BCUT2D eigenvalue weighted by molar-refractivity contribution is -0.138. The van der Waals surface area contributed by atoms with E-state index in [0.717, 1.165) is 6.07 Å². The van der Waals surface area contributed by atoms with E-state index in [1.165, 1.54) is 12.1 Å². The van der Waals surface area contributed by atoms with Crippen molar-refractivity contribution in [1.29, 1.82) is 0 Å². The fourth-order valence-corrected chi connectivity index (χ4v) is 1.72. The minimum atomic E-state index is -4.60. The summed E-state index contributed by atoms with van der Waals surface area (Å²) in [7, 11) is 0. The largest absolute Gasteiger partial charge is 0.418 e. The molecule has 0 amide bonds. The Kier molecular flexibility index (Phi) is 3.21. The number of hydrogen-bond donors (Lipinski definition) is 0. The molecule has 0 fully saturated rings. The van der Waals surface area contributed by atoms with E-state index in [-0.39, 0.29) is 4.47 Å². The summed E-state index contributed by atoms with van der Waals surface area (Å²) in [5.41, 5.74) is -1.59. The van der Waals surface area contributed by atoms with E-state index in [1.54, 1.807) is 0 Å². The maximum Gasteiger partial charge on any atom is 0.418 e. The van der Waals surface area contributed by atoms with Crippen molar-refractivity contribution in [2.24, 2.45) is 0 Å². The van der Waals surface area contributed by atoms with Gasteiger partial charge in [-0.3, -0.25) is 4.79 Å². The second-order valence-corrected chi connectivity index (χ2v) is 3.63. The van der Waals surface area contributed by atoms with Crippen LogP contribution in [0.3, 0.4) is 0 Å². The molecule has 0 unspecified atom stereocenters. The van der Waals surface area contributed by atoms with Crippen LogP contribution in [0.25, 0.3) is 0 Å². The van der Waals surface area contributed by atoms with Gasteiger partial charge in [0.15, 0.2) is 0 Å². The molecular weight excluding hydrogens is 284 g/mol. The molecule has 0 radical (unpaired) electrons. The van der Waals surface area contributed by atoms with Crippen LogP contribution in [-0.4, -0.2) is 5.24 Å². The van der Waals surface area contributed by atoms with Gasteiger partial charge in [-0.25, -0.2) is 0 Å². The summed E-state index contributed by atoms with van der Waals surface area (Å²) in [4.78, 5) is 10.7. The average Bonchev–Trinajstić information content (AvgIpc) is 2.01. The third-order valence-corrected chi connectivity index (χ3v) is 2.37. The van der Waals surface area contributed by atoms with E-state index >= 15 is 0 Å². The van der Waals surface area contributed by atoms with Crippen LogP contribution in [0.4, 0.5) is 13.2 Å². The number of hydrogen-bond acceptors (Lipinski definition) is 1. The zero-order valence-electron chi connectivity index (χ0n) is 6.53. The maximum atomic E-state index is 12.4. The van der Waals surface area contributed by atoms with Gasteiger partial charge in [-0.05, 0) is 23.7 Å². The van der Waals surface area contributed by atoms with Crippen molar-refractivity contribution < 1.29 is 18.0 Å². The summed E-state index contributed by atoms with van der Waals surface area (Å²) in [6.07, 6.45) is -4.60. The van der Waals surface area contributed by atoms with Crippen molar-refractivity contribution >= 4 is 32.8 Å². The van der Waals surface area contributed by atoms with Gasteiger partial charge in [0.25, 0.3) is 5.24 Å². The third kappa shape index (κ3) is 2.27. The van der Waals surface area contributed by atoms with Gasteiger partial charge >= 0.3 is 6.18 Å². The van der Waals surface area contributed by atoms with E-state index in [2.05, 4.69) is 15.9 Å². The van der Waals surface area contributed by atoms with Gasteiger partial charge in [-0.2, -0.15) is 13.2 Å². The Morgan fingerprint density at radius 1 is 1.36 bits per heavy atom. The summed E-state index contributed by atoms with van der Waals surface area (Å²) in [5.74, 6) is 0. The Bertz CT molecular complexity index is 375. The molecule has 0 bridgehead atoms. The third-order valence-electron chi connectivity index (χ3n) is 1.51. The standard InChI is InChI=1S/C8H3BrClF3O/c9-5-3-1-2-4(7(10)14)6(5)8(11,12)13/h1-3H. The molecule has 0 saturated carbocycles. The zero-order valence-corrected chi connectivity index (χ0v) is 8.87. The molecule has 1 aromatic carbocycles. The molecule has 0 aliphatic rings. The smallest absolute Gasteiger partial charge is 0.276 e. The molecule has 1 aromatic rings. The predicted molar refractivity (Wildman–Crippen MR) is 49.3 cm³/mol. The summed E-state index contributed by atoms with van der Waals surface area (Å²) in [6.45, 7) is 0. The summed E-state index contributed by atoms with van der Waals surface area (Å²) in [6, 6.07) is 3.55. The number of carbonyl (C=O) groups excluding carboxylic acids is 1. The summed E-state index contributed by atoms with van der Waals surface area (Å²) >= 11 is 7.75. The Balaban J connectivity index is 3.45. The van der Waals surface area contributed by atoms with Crippen molar-refractivity contribution in [1.82, 2.24) is 0 Å². The maximum absolute atomic E-state index is 12.4. The Morgan fingerprint density at radius 3 is 2.29 bits per heavy atom. The molecule has 6 heteroatoms. The molecule has 0 N–H and O–H groups in total. The molecule has 0 aromatic heterocycles. The molecule has 1 rings (SSSR count). The van der Waals surface area contributed by atoms with E-state index in [0.29, 0.717) is 0 Å². The van der Waals surface area contributed by atoms with Crippen LogP contribution in [0.1, 0.15) is 15.9 Å². The molecule has 14 heavy (non-hydrogen) atoms. The average molecular weight is 287 g/mol. The van der Waals surface area contributed by atoms with Gasteiger partial charge < -0.3 is 0 Å². The second-order valence-electron chi connectivity index (χ2n) is 2.43. The first-order valence-electron chi connectivity index (χ1n) is 3.39. The molecule has 0 aliphatic carbocycles. The predicted octanol–water partition coefficient (Wildman–Crippen LogP) is 3.85. The quantitative estimate of drug-likeness (QED) is 0.717. The highest BCUT2D eigenvalue weighted by Crippen LogP contribution is 2.37. The Labute approximate surface area is 91.0 Å². The number of carbonyl (C=O) groups is 1. The minimum Gasteiger partial charge on any atom is -0.276 e. The molecule has 0 aliphatic heterocycles. The number of benzene rings is 1. The van der Waals surface area contributed by atoms with E-state index in [4.69, 9.17) is 11.6 Å². The lowest BCUT2D eigenvalue weighted by Gasteiger charge is -2.11. The Hall–Kier alpha value is -0.550. The fraction of sp³-hybridized carbons (Fsp3) is 0.125. The van der Waals surface area contributed by atoms with Gasteiger partial charge in [0.05, 0.1) is 5.56 Å². The van der Waals surface area contributed by atoms with E-state index < -0.39 is 22.5 Å². The molecule has 76 valence electrons. The van der Waals surface area contributed by atoms with Gasteiger partial charge in [-0.15, -0.1) is 0 Å². The van der Waals surface area contributed by atoms with Crippen LogP contribution in [0.2, 0.25) is 0 Å². The first-order valence-corrected chi connectivity index (χ1v) is 4.56. The zero-order chi connectivity index (χ0) is 10.9. The highest BCUT2D eigenvalue weighted by atomic mass is 79.9. The van der Waals surface area contributed by atoms with Crippen molar-refractivity contribution in [2.45, 2.75) is 6.18 Å². The minimum absolute atomic E-state index is 0.198. The topological polar surface area (TPSA) is 17.1 Å². The van der Waals surface area contributed by atoms with Gasteiger partial charge in [0, 0.05) is 10.0 Å². The highest BCUT2D eigenvalue weighted by molar-refractivity contribution is 9.10. The van der Waals surface area contributed by atoms with E-state index in [9.17, 15) is 18.0 Å². The molecular formula is C8H3BrClF3O. The molecule has 0 spiro atoms. The summed E-state index contributed by atoms with van der Waals surface area (Å²) in [5, 5.41) is -1.13. The number of halogens is 5. The Morgan fingerprint density at radius 2 is 1.93 bits per heavy atom. The first-order chi connectivity index (χ1) is 6.34. The number of alkyl halides is 3. The highest BCUT2D eigenvalue weighted by Gasteiger charge is 2.36. The van der Waals surface area contributed by atoms with Crippen LogP contribution >= 0.6 is 27.5 Å². The van der Waals surface area contributed by atoms with Crippen LogP contribution in [-0.2, 0) is 6.18 Å². The SMILES string of the molecule is O=C(Cl)c1cccc(Br)c1C(F)(F)F. The first kappa shape index (κ1) is 11.5. The molecule has 0 heterocycles. The second kappa shape index (κ2) is 3.90. The van der Waals surface area contributed by atoms with Crippen LogP contribution in [0, 0.1) is 0 Å². The van der Waals surface area contributed by atoms with Crippen LogP contribution in [0.5, 0.6) is 0 Å². The summed E-state index contributed by atoms with van der Waals surface area (Å²) < 4.78 is 37.1. The van der Waals surface area contributed by atoms with Crippen molar-refractivity contribution in [2.75, 3.05) is 0 Å². The number of rotatable bonds is 1. The molecule has 0 saturated heterocycles. The normalized spacial score (nSPS) is 11.5. The lowest BCUT2D eigenvalue weighted by atomic mass is 10.1. The van der Waals surface area contributed by atoms with Crippen molar-refractivity contribution in [3.8, 4) is 0 Å². The van der Waals surface area contributed by atoms with Gasteiger partial charge in [-0.1, -0.05) is 22.0 Å². The van der Waals surface area contributed by atoms with Crippen molar-refractivity contribution in [3.63, 3.8) is 0 Å². The molecule has 0 atom stereocenters. The van der Waals surface area contributed by atoms with Crippen LogP contribution in [0.15, 0.2) is 22.7 Å². The lowest BCUT2D eigenvalue weighted by Crippen LogP contribution is -2.11. The fourth-order valence-electron chi connectivity index (χ4n) is 0.976.